The summed E-state index contributed by atoms with van der Waals surface area (Å²) in [5.74, 6) is -0.427. The first-order valence-corrected chi connectivity index (χ1v) is 18.4. The Kier molecular flexibility index (Phi) is 7.26. The Morgan fingerprint density at radius 2 is 0.925 bits per heavy atom. The molecule has 0 unspecified atom stereocenters. The van der Waals surface area contributed by atoms with Gasteiger partial charge in [0.25, 0.3) is 0 Å². The number of anilines is 3. The molecule has 1 aliphatic carbocycles. The van der Waals surface area contributed by atoms with Gasteiger partial charge in [-0.25, -0.2) is 0 Å². The highest BCUT2D eigenvalue weighted by Gasteiger charge is 2.33. The zero-order valence-electron chi connectivity index (χ0n) is 31.0. The molecule has 9 rings (SSSR count). The quantitative estimate of drug-likeness (QED) is 0.105. The summed E-state index contributed by atoms with van der Waals surface area (Å²) in [5.41, 5.74) is 7.97. The van der Waals surface area contributed by atoms with Crippen LogP contribution in [0.1, 0.15) is 78.9 Å². The summed E-state index contributed by atoms with van der Waals surface area (Å²) >= 11 is 0. The largest absolute Gasteiger partial charge is 0.310 e. The maximum Gasteiger partial charge on any atom is 0.197 e. The maximum atomic E-state index is 13.8. The fraction of sp³-hybridized carbons (Fsp3) is 0.160. The Morgan fingerprint density at radius 1 is 0.472 bits per heavy atom. The van der Waals surface area contributed by atoms with E-state index in [1.54, 1.807) is 0 Å². The maximum absolute atomic E-state index is 13.8. The molecule has 0 saturated carbocycles. The van der Waals surface area contributed by atoms with Gasteiger partial charge in [0.1, 0.15) is 0 Å². The van der Waals surface area contributed by atoms with Gasteiger partial charge in [-0.1, -0.05) is 133 Å². The van der Waals surface area contributed by atoms with Crippen molar-refractivity contribution in [2.75, 3.05) is 4.90 Å². The van der Waals surface area contributed by atoms with Gasteiger partial charge in [-0.2, -0.15) is 0 Å². The Morgan fingerprint density at radius 3 is 1.43 bits per heavy atom. The summed E-state index contributed by atoms with van der Waals surface area (Å²) in [5, 5.41) is 8.62. The highest BCUT2D eigenvalue weighted by Crippen LogP contribution is 2.45. The van der Waals surface area contributed by atoms with Crippen molar-refractivity contribution in [1.82, 2.24) is 0 Å². The number of allylic oxidation sites excluding steroid dienone is 1. The van der Waals surface area contributed by atoms with Gasteiger partial charge in [0.15, 0.2) is 11.6 Å². The van der Waals surface area contributed by atoms with E-state index in [-0.39, 0.29) is 28.0 Å². The normalized spacial score (nSPS) is 13.5. The summed E-state index contributed by atoms with van der Waals surface area (Å²) in [6, 6.07) is 46.8. The number of Topliss-reactive ketones (excluding diaryl/α,β-unsaturated/α-hetero) is 2. The topological polar surface area (TPSA) is 37.4 Å². The van der Waals surface area contributed by atoms with Gasteiger partial charge in [-0.3, -0.25) is 9.59 Å². The van der Waals surface area contributed by atoms with Crippen LogP contribution in [-0.4, -0.2) is 11.6 Å². The molecule has 8 aromatic carbocycles. The lowest BCUT2D eigenvalue weighted by Gasteiger charge is -2.29. The van der Waals surface area contributed by atoms with Crippen LogP contribution in [0.3, 0.4) is 0 Å². The van der Waals surface area contributed by atoms with Crippen molar-refractivity contribution in [1.29, 1.82) is 0 Å². The summed E-state index contributed by atoms with van der Waals surface area (Å²) < 4.78 is 0. The van der Waals surface area contributed by atoms with E-state index in [1.807, 2.05) is 48.5 Å². The molecule has 0 heterocycles. The van der Waals surface area contributed by atoms with Crippen molar-refractivity contribution >= 4 is 77.8 Å². The molecule has 0 spiro atoms. The van der Waals surface area contributed by atoms with Crippen LogP contribution in [0.25, 0.3) is 49.2 Å². The second kappa shape index (κ2) is 11.7. The van der Waals surface area contributed by atoms with Crippen LogP contribution in [-0.2, 0) is 10.8 Å². The molecule has 8 aromatic rings. The number of carbonyl (C=O) groups excluding carboxylic acids is 2. The number of hydrogen-bond donors (Lipinski definition) is 0. The Balaban J connectivity index is 1.22. The molecular weight excluding hydrogens is 647 g/mol. The number of benzene rings is 8. The number of fused-ring (bicyclic) bond motifs is 2. The molecule has 0 saturated heterocycles. The zero-order valence-corrected chi connectivity index (χ0v) is 31.0. The van der Waals surface area contributed by atoms with Gasteiger partial charge in [-0.15, -0.1) is 0 Å². The fourth-order valence-corrected chi connectivity index (χ4v) is 8.07. The fourth-order valence-electron chi connectivity index (χ4n) is 8.07. The zero-order chi connectivity index (χ0) is 36.8. The standard InChI is InChI=1S/C50H41NO2/c1-49(2,3)35-16-20-37(21-17-35)51(38-22-18-36(19-23-38)50(4,5)6)44-26-15-31-13-24-39-34(12-11-30-14-25-40(44)46(31)45(30)39)29-43-47(52)41-27-32-9-7-8-10-33(32)28-42(41)48(43)53/h7-29H,1-6H3. The first-order valence-electron chi connectivity index (χ1n) is 18.4. The summed E-state index contributed by atoms with van der Waals surface area (Å²) in [4.78, 5) is 29.9. The number of nitrogens with zero attached hydrogens (tertiary/aromatic N) is 1. The predicted octanol–water partition coefficient (Wildman–Crippen LogP) is 13.3. The van der Waals surface area contributed by atoms with Crippen molar-refractivity contribution in [3.63, 3.8) is 0 Å². The van der Waals surface area contributed by atoms with Crippen LogP contribution in [0, 0.1) is 0 Å². The Labute approximate surface area is 310 Å². The lowest BCUT2D eigenvalue weighted by Crippen LogP contribution is -2.14. The predicted molar refractivity (Wildman–Crippen MR) is 223 cm³/mol. The lowest BCUT2D eigenvalue weighted by atomic mass is 9.86. The second-order valence-electron chi connectivity index (χ2n) is 16.6. The molecule has 0 aliphatic heterocycles. The van der Waals surface area contributed by atoms with Crippen LogP contribution < -0.4 is 4.90 Å². The molecule has 0 bridgehead atoms. The number of hydrogen-bond acceptors (Lipinski definition) is 3. The molecule has 0 N–H and O–H groups in total. The van der Waals surface area contributed by atoms with E-state index >= 15 is 0 Å². The third-order valence-electron chi connectivity index (χ3n) is 11.1. The molecule has 1 aliphatic rings. The monoisotopic (exact) mass is 687 g/mol. The van der Waals surface area contributed by atoms with Gasteiger partial charge in [0.05, 0.1) is 11.3 Å². The summed E-state index contributed by atoms with van der Waals surface area (Å²) in [7, 11) is 0. The molecule has 0 atom stereocenters. The van der Waals surface area contributed by atoms with E-state index in [1.165, 1.54) is 16.5 Å². The molecule has 0 amide bonds. The van der Waals surface area contributed by atoms with Gasteiger partial charge in [0.2, 0.25) is 0 Å². The number of rotatable bonds is 4. The van der Waals surface area contributed by atoms with Crippen molar-refractivity contribution < 1.29 is 9.59 Å². The van der Waals surface area contributed by atoms with E-state index in [0.29, 0.717) is 11.1 Å². The smallest absolute Gasteiger partial charge is 0.197 e. The molecule has 0 fully saturated rings. The average molecular weight is 688 g/mol. The number of carbonyl (C=O) groups is 2. The third kappa shape index (κ3) is 5.34. The average Bonchev–Trinajstić information content (AvgIpc) is 3.37. The van der Waals surface area contributed by atoms with E-state index in [0.717, 1.165) is 60.3 Å². The van der Waals surface area contributed by atoms with Crippen LogP contribution in [0.15, 0.2) is 139 Å². The van der Waals surface area contributed by atoms with E-state index in [4.69, 9.17) is 0 Å². The lowest BCUT2D eigenvalue weighted by molar-refractivity contribution is 0.0990. The van der Waals surface area contributed by atoms with Gasteiger partial charge in [0, 0.05) is 27.9 Å². The van der Waals surface area contributed by atoms with Crippen LogP contribution in [0.2, 0.25) is 0 Å². The summed E-state index contributed by atoms with van der Waals surface area (Å²) in [6.07, 6.45) is 1.81. The molecular formula is C50H41NO2. The SMILES string of the molecule is CC(C)(C)c1ccc(N(c2ccc(C(C)(C)C)cc2)c2ccc3ccc4c(C=C5C(=O)c6cc7ccccc7cc6C5=O)ccc5ccc2c3c54)cc1. The molecule has 53 heavy (non-hydrogen) atoms. The highest BCUT2D eigenvalue weighted by molar-refractivity contribution is 6.42. The number of ketones is 2. The highest BCUT2D eigenvalue weighted by atomic mass is 16.2. The van der Waals surface area contributed by atoms with E-state index in [9.17, 15) is 9.59 Å². The Bertz CT molecular complexity index is 2690. The molecule has 258 valence electrons. The summed E-state index contributed by atoms with van der Waals surface area (Å²) in [6.45, 7) is 13.5. The first kappa shape index (κ1) is 32.8. The van der Waals surface area contributed by atoms with Crippen molar-refractivity contribution in [2.45, 2.75) is 52.4 Å². The van der Waals surface area contributed by atoms with Crippen molar-refractivity contribution in [3.05, 3.63) is 167 Å². The minimum absolute atomic E-state index is 0.0440. The van der Waals surface area contributed by atoms with Gasteiger partial charge >= 0.3 is 0 Å². The van der Waals surface area contributed by atoms with Gasteiger partial charge < -0.3 is 4.90 Å². The third-order valence-corrected chi connectivity index (χ3v) is 11.1. The molecule has 0 aromatic heterocycles. The van der Waals surface area contributed by atoms with Crippen molar-refractivity contribution in [3.8, 4) is 0 Å². The van der Waals surface area contributed by atoms with E-state index in [2.05, 4.69) is 137 Å². The van der Waals surface area contributed by atoms with Gasteiger partial charge in [-0.05, 0) is 114 Å². The van der Waals surface area contributed by atoms with Crippen LogP contribution >= 0.6 is 0 Å². The Hall–Kier alpha value is -6.06. The second-order valence-corrected chi connectivity index (χ2v) is 16.6. The molecule has 0 radical (unpaired) electrons. The van der Waals surface area contributed by atoms with E-state index < -0.39 is 0 Å². The molecule has 3 nitrogen and oxygen atoms in total. The van der Waals surface area contributed by atoms with Crippen molar-refractivity contribution in [2.24, 2.45) is 0 Å². The van der Waals surface area contributed by atoms with Crippen LogP contribution in [0.4, 0.5) is 17.1 Å². The minimum Gasteiger partial charge on any atom is -0.310 e. The first-order chi connectivity index (χ1) is 25.4. The van der Waals surface area contributed by atoms with Crippen LogP contribution in [0.5, 0.6) is 0 Å². The minimum atomic E-state index is -0.214. The molecule has 3 heteroatoms.